The molecule has 0 N–H and O–H groups in total. The number of halogens is 3. The van der Waals surface area contributed by atoms with Gasteiger partial charge in [0.15, 0.2) is 0 Å². The number of rotatable bonds is 8. The molecule has 1 fully saturated rings. The van der Waals surface area contributed by atoms with Crippen LogP contribution in [0.1, 0.15) is 22.7 Å². The van der Waals surface area contributed by atoms with E-state index >= 15 is 0 Å². The normalized spacial score (nSPS) is 14.7. The van der Waals surface area contributed by atoms with Crippen LogP contribution >= 0.6 is 15.9 Å². The Morgan fingerprint density at radius 2 is 1.73 bits per heavy atom. The van der Waals surface area contributed by atoms with Crippen molar-refractivity contribution in [3.63, 3.8) is 0 Å². The summed E-state index contributed by atoms with van der Waals surface area (Å²) in [7, 11) is 3.05. The lowest BCUT2D eigenvalue weighted by Crippen LogP contribution is -2.48. The van der Waals surface area contributed by atoms with Gasteiger partial charge in [0.1, 0.15) is 39.1 Å². The molecule has 2 aromatic heterocycles. The molecule has 0 radical (unpaired) electrons. The second-order valence-electron chi connectivity index (χ2n) is 9.65. The second-order valence-corrected chi connectivity index (χ2v) is 10.5. The van der Waals surface area contributed by atoms with Crippen LogP contribution in [0.2, 0.25) is 0 Å². The van der Waals surface area contributed by atoms with Crippen LogP contribution in [0.5, 0.6) is 5.75 Å². The highest BCUT2D eigenvalue weighted by Crippen LogP contribution is 2.37. The van der Waals surface area contributed by atoms with Crippen molar-refractivity contribution in [1.82, 2.24) is 14.5 Å². The van der Waals surface area contributed by atoms with Gasteiger partial charge in [0.2, 0.25) is 0 Å². The van der Waals surface area contributed by atoms with Crippen molar-refractivity contribution in [2.24, 2.45) is 0 Å². The monoisotopic (exact) mass is 623 g/mol. The van der Waals surface area contributed by atoms with Crippen LogP contribution in [0.4, 0.5) is 14.5 Å². The van der Waals surface area contributed by atoms with Crippen LogP contribution in [0.25, 0.3) is 11.0 Å². The molecule has 0 unspecified atom stereocenters. The van der Waals surface area contributed by atoms with Gasteiger partial charge in [-0.05, 0) is 51.8 Å². The summed E-state index contributed by atoms with van der Waals surface area (Å²) in [5.41, 5.74) is 2.89. The van der Waals surface area contributed by atoms with Gasteiger partial charge in [-0.15, -0.1) is 0 Å². The number of piperazine rings is 1. The number of benzene rings is 2. The Kier molecular flexibility index (Phi) is 8.63. The molecule has 11 heteroatoms. The van der Waals surface area contributed by atoms with Crippen LogP contribution in [-0.2, 0) is 11.3 Å². The number of methoxy groups -OCH3 is 2. The fourth-order valence-electron chi connectivity index (χ4n) is 5.44. The van der Waals surface area contributed by atoms with Gasteiger partial charge < -0.3 is 18.9 Å². The lowest BCUT2D eigenvalue weighted by atomic mass is 9.95. The van der Waals surface area contributed by atoms with Gasteiger partial charge in [-0.3, -0.25) is 9.69 Å². The summed E-state index contributed by atoms with van der Waals surface area (Å²) >= 11 is 3.44. The maximum absolute atomic E-state index is 14.1. The van der Waals surface area contributed by atoms with Gasteiger partial charge >= 0.3 is 0 Å². The Labute approximate surface area is 244 Å². The molecule has 0 aliphatic carbocycles. The van der Waals surface area contributed by atoms with Gasteiger partial charge in [0.25, 0.3) is 5.56 Å². The molecule has 0 spiro atoms. The standard InChI is InChI=1S/C30H28BrF2N5O3/c1-40-16-15-38-24-9-10-26(31)35-27(24)29(23(18-34)30(38)39)37-13-11-36(12-14-37)28(19-3-5-20(32)6-4-19)22-8-7-21(33)17-25(22)41-2/h3-10,17,28H,11-16H2,1-2H3/t28-/m0/s1. The van der Waals surface area contributed by atoms with Crippen LogP contribution in [-0.4, -0.2) is 61.5 Å². The number of hydrogen-bond donors (Lipinski definition) is 0. The van der Waals surface area contributed by atoms with Gasteiger partial charge in [-0.25, -0.2) is 13.8 Å². The van der Waals surface area contributed by atoms with Gasteiger partial charge in [-0.2, -0.15) is 5.26 Å². The minimum Gasteiger partial charge on any atom is -0.496 e. The van der Waals surface area contributed by atoms with Crippen molar-refractivity contribution in [2.45, 2.75) is 12.6 Å². The molecule has 8 nitrogen and oxygen atoms in total. The summed E-state index contributed by atoms with van der Waals surface area (Å²) in [4.78, 5) is 22.4. The zero-order valence-electron chi connectivity index (χ0n) is 22.6. The van der Waals surface area contributed by atoms with Crippen molar-refractivity contribution in [3.8, 4) is 11.8 Å². The van der Waals surface area contributed by atoms with E-state index in [-0.39, 0.29) is 29.5 Å². The highest BCUT2D eigenvalue weighted by Gasteiger charge is 2.31. The number of nitrogens with zero attached hydrogens (tertiary/aromatic N) is 5. The molecule has 1 aliphatic heterocycles. The van der Waals surface area contributed by atoms with E-state index in [2.05, 4.69) is 31.9 Å². The van der Waals surface area contributed by atoms with E-state index in [4.69, 9.17) is 9.47 Å². The lowest BCUT2D eigenvalue weighted by Gasteiger charge is -2.41. The number of nitriles is 1. The van der Waals surface area contributed by atoms with Crippen LogP contribution in [0, 0.1) is 23.0 Å². The number of hydrogen-bond acceptors (Lipinski definition) is 7. The molecular formula is C30H28BrF2N5O3. The first-order chi connectivity index (χ1) is 19.9. The van der Waals surface area contributed by atoms with E-state index in [0.29, 0.717) is 59.9 Å². The molecular weight excluding hydrogens is 596 g/mol. The molecule has 3 heterocycles. The average molecular weight is 624 g/mol. The first-order valence-corrected chi connectivity index (χ1v) is 13.9. The predicted octanol–water partition coefficient (Wildman–Crippen LogP) is 4.88. The van der Waals surface area contributed by atoms with Gasteiger partial charge in [0.05, 0.1) is 31.0 Å². The van der Waals surface area contributed by atoms with Crippen molar-refractivity contribution in [2.75, 3.05) is 51.9 Å². The Morgan fingerprint density at radius 1 is 1.02 bits per heavy atom. The molecule has 2 aromatic carbocycles. The predicted molar refractivity (Wildman–Crippen MR) is 155 cm³/mol. The molecule has 212 valence electrons. The fourth-order valence-corrected chi connectivity index (χ4v) is 5.75. The summed E-state index contributed by atoms with van der Waals surface area (Å²) in [6.07, 6.45) is 0. The van der Waals surface area contributed by atoms with Crippen molar-refractivity contribution < 1.29 is 18.3 Å². The third-order valence-corrected chi connectivity index (χ3v) is 7.79. The molecule has 41 heavy (non-hydrogen) atoms. The average Bonchev–Trinajstić information content (AvgIpc) is 2.98. The Bertz CT molecular complexity index is 1660. The van der Waals surface area contributed by atoms with Gasteiger partial charge in [-0.1, -0.05) is 18.2 Å². The molecule has 1 saturated heterocycles. The first kappa shape index (κ1) is 28.7. The fraction of sp³-hybridized carbons (Fsp3) is 0.300. The molecule has 0 saturated carbocycles. The minimum absolute atomic E-state index is 0.0305. The molecule has 5 rings (SSSR count). The zero-order valence-corrected chi connectivity index (χ0v) is 24.2. The van der Waals surface area contributed by atoms with E-state index < -0.39 is 5.82 Å². The quantitative estimate of drug-likeness (QED) is 0.259. The minimum atomic E-state index is -0.414. The van der Waals surface area contributed by atoms with E-state index in [9.17, 15) is 18.8 Å². The Hall–Kier alpha value is -3.85. The topological polar surface area (TPSA) is 83.6 Å². The highest BCUT2D eigenvalue weighted by atomic mass is 79.9. The molecule has 4 aromatic rings. The summed E-state index contributed by atoms with van der Waals surface area (Å²) < 4.78 is 40.7. The third kappa shape index (κ3) is 5.68. The van der Waals surface area contributed by atoms with E-state index in [0.717, 1.165) is 11.1 Å². The van der Waals surface area contributed by atoms with Crippen molar-refractivity contribution in [1.29, 1.82) is 5.26 Å². The maximum Gasteiger partial charge on any atom is 0.271 e. The van der Waals surface area contributed by atoms with E-state index in [1.165, 1.54) is 35.9 Å². The number of pyridine rings is 2. The highest BCUT2D eigenvalue weighted by molar-refractivity contribution is 9.10. The van der Waals surface area contributed by atoms with E-state index in [1.54, 1.807) is 31.4 Å². The van der Waals surface area contributed by atoms with E-state index in [1.807, 2.05) is 11.0 Å². The van der Waals surface area contributed by atoms with Gasteiger partial charge in [0, 0.05) is 51.5 Å². The zero-order chi connectivity index (χ0) is 29.1. The molecule has 1 aliphatic rings. The second kappa shape index (κ2) is 12.3. The smallest absolute Gasteiger partial charge is 0.271 e. The maximum atomic E-state index is 14.1. The summed E-state index contributed by atoms with van der Waals surface area (Å²) in [6, 6.07) is 16.0. The number of aromatic nitrogens is 2. The number of anilines is 1. The van der Waals surface area contributed by atoms with Crippen LogP contribution in [0.15, 0.2) is 64.0 Å². The summed E-state index contributed by atoms with van der Waals surface area (Å²) in [5.74, 6) is -0.366. The Balaban J connectivity index is 1.54. The molecule has 0 bridgehead atoms. The molecule has 1 atom stereocenters. The van der Waals surface area contributed by atoms with Crippen LogP contribution < -0.4 is 15.2 Å². The molecule has 0 amide bonds. The summed E-state index contributed by atoms with van der Waals surface area (Å²) in [6.45, 7) is 2.65. The Morgan fingerprint density at radius 3 is 2.39 bits per heavy atom. The number of ether oxygens (including phenoxy) is 2. The number of fused-ring (bicyclic) bond motifs is 1. The summed E-state index contributed by atoms with van der Waals surface area (Å²) in [5, 5.41) is 10.1. The largest absolute Gasteiger partial charge is 0.496 e. The van der Waals surface area contributed by atoms with Crippen molar-refractivity contribution >= 4 is 32.7 Å². The lowest BCUT2D eigenvalue weighted by molar-refractivity contribution is 0.187. The van der Waals surface area contributed by atoms with Crippen molar-refractivity contribution in [3.05, 3.63) is 97.9 Å². The van der Waals surface area contributed by atoms with Crippen LogP contribution in [0.3, 0.4) is 0 Å². The third-order valence-electron chi connectivity index (χ3n) is 7.35. The SMILES string of the molecule is COCCn1c(=O)c(C#N)c(N2CCN([C@@H](c3ccc(F)cc3)c3ccc(F)cc3OC)CC2)c2nc(Br)ccc21. The first-order valence-electron chi connectivity index (χ1n) is 13.1.